The van der Waals surface area contributed by atoms with Crippen LogP contribution in [0.25, 0.3) is 0 Å². The molecule has 1 aliphatic carbocycles. The van der Waals surface area contributed by atoms with E-state index in [4.69, 9.17) is 27.6 Å². The lowest BCUT2D eigenvalue weighted by molar-refractivity contribution is 0.0921. The predicted octanol–water partition coefficient (Wildman–Crippen LogP) is 3.83. The third-order valence-electron chi connectivity index (χ3n) is 3.65. The number of rotatable bonds is 4. The number of amides is 1. The molecule has 2 aromatic rings. The summed E-state index contributed by atoms with van der Waals surface area (Å²) >= 11 is 12.1. The van der Waals surface area contributed by atoms with Crippen molar-refractivity contribution >= 4 is 29.1 Å². The van der Waals surface area contributed by atoms with Gasteiger partial charge in [0.15, 0.2) is 6.39 Å². The van der Waals surface area contributed by atoms with E-state index in [-0.39, 0.29) is 17.9 Å². The molecule has 21 heavy (non-hydrogen) atoms. The lowest BCUT2D eigenvalue weighted by atomic mass is 10.1. The van der Waals surface area contributed by atoms with E-state index >= 15 is 0 Å². The van der Waals surface area contributed by atoms with Gasteiger partial charge in [0.2, 0.25) is 5.76 Å². The number of carbonyl (C=O) groups excluding carboxylic acids is 1. The van der Waals surface area contributed by atoms with Crippen LogP contribution < -0.4 is 5.32 Å². The molecule has 1 aliphatic rings. The number of benzene rings is 1. The Balaban J connectivity index is 1.67. The molecule has 0 saturated heterocycles. The second-order valence-corrected chi connectivity index (χ2v) is 5.91. The summed E-state index contributed by atoms with van der Waals surface area (Å²) in [5, 5.41) is 4.20. The number of nitrogens with one attached hydrogen (secondary N) is 1. The number of aryl methyl sites for hydroxylation is 1. The van der Waals surface area contributed by atoms with Gasteiger partial charge in [-0.1, -0.05) is 36.2 Å². The zero-order valence-corrected chi connectivity index (χ0v) is 12.9. The fourth-order valence-electron chi connectivity index (χ4n) is 2.44. The molecule has 0 spiro atoms. The van der Waals surface area contributed by atoms with Crippen LogP contribution >= 0.6 is 23.2 Å². The van der Waals surface area contributed by atoms with E-state index < -0.39 is 0 Å². The van der Waals surface area contributed by atoms with Gasteiger partial charge in [-0.05, 0) is 30.5 Å². The molecule has 0 unspecified atom stereocenters. The summed E-state index contributed by atoms with van der Waals surface area (Å²) in [5.41, 5.74) is 1.69. The topological polar surface area (TPSA) is 55.1 Å². The van der Waals surface area contributed by atoms with Crippen molar-refractivity contribution in [2.24, 2.45) is 0 Å². The van der Waals surface area contributed by atoms with Crippen LogP contribution in [0.5, 0.6) is 0 Å². The van der Waals surface area contributed by atoms with Crippen LogP contribution in [-0.4, -0.2) is 16.9 Å². The Kier molecular flexibility index (Phi) is 3.91. The first kappa shape index (κ1) is 14.4. The number of hydrogen-bond acceptors (Lipinski definition) is 3. The smallest absolute Gasteiger partial charge is 0.289 e. The van der Waals surface area contributed by atoms with Crippen LogP contribution in [0.15, 0.2) is 29.0 Å². The molecule has 0 bridgehead atoms. The Morgan fingerprint density at radius 3 is 3.00 bits per heavy atom. The van der Waals surface area contributed by atoms with Crippen molar-refractivity contribution in [2.75, 3.05) is 0 Å². The SMILES string of the molecule is CCc1ncoc1C(=O)N[C@@H]1C[C@H]1c1ccc(Cl)cc1Cl. The van der Waals surface area contributed by atoms with Gasteiger partial charge in [0.05, 0.1) is 5.69 Å². The maximum atomic E-state index is 12.2. The maximum Gasteiger partial charge on any atom is 0.289 e. The second-order valence-electron chi connectivity index (χ2n) is 5.07. The first-order valence-electron chi connectivity index (χ1n) is 6.78. The lowest BCUT2D eigenvalue weighted by Crippen LogP contribution is -2.27. The molecule has 1 amide bonds. The summed E-state index contributed by atoms with van der Waals surface area (Å²) in [6.07, 6.45) is 2.83. The minimum absolute atomic E-state index is 0.0750. The van der Waals surface area contributed by atoms with Gasteiger partial charge in [-0.3, -0.25) is 4.79 Å². The fraction of sp³-hybridized carbons (Fsp3) is 0.333. The van der Waals surface area contributed by atoms with Gasteiger partial charge in [-0.25, -0.2) is 4.98 Å². The summed E-state index contributed by atoms with van der Waals surface area (Å²) in [7, 11) is 0. The minimum Gasteiger partial charge on any atom is -0.438 e. The fourth-order valence-corrected chi connectivity index (χ4v) is 2.99. The van der Waals surface area contributed by atoms with E-state index in [1.165, 1.54) is 6.39 Å². The normalized spacial score (nSPS) is 20.3. The molecule has 6 heteroatoms. The first-order valence-corrected chi connectivity index (χ1v) is 7.54. The highest BCUT2D eigenvalue weighted by Gasteiger charge is 2.41. The van der Waals surface area contributed by atoms with E-state index in [9.17, 15) is 4.79 Å². The molecule has 4 nitrogen and oxygen atoms in total. The van der Waals surface area contributed by atoms with Crippen LogP contribution in [0.4, 0.5) is 0 Å². The number of aromatic nitrogens is 1. The average Bonchev–Trinajstić information content (AvgIpc) is 3.03. The first-order chi connectivity index (χ1) is 10.1. The molecule has 1 N–H and O–H groups in total. The lowest BCUT2D eigenvalue weighted by Gasteiger charge is -2.06. The van der Waals surface area contributed by atoms with Crippen molar-refractivity contribution in [2.45, 2.75) is 31.7 Å². The van der Waals surface area contributed by atoms with Gasteiger partial charge in [-0.2, -0.15) is 0 Å². The predicted molar refractivity (Wildman–Crippen MR) is 81.0 cm³/mol. The quantitative estimate of drug-likeness (QED) is 0.929. The molecular weight excluding hydrogens is 311 g/mol. The zero-order chi connectivity index (χ0) is 15.0. The number of hydrogen-bond donors (Lipinski definition) is 1. The number of oxazole rings is 1. The molecule has 2 atom stereocenters. The largest absolute Gasteiger partial charge is 0.438 e. The summed E-state index contributed by atoms with van der Waals surface area (Å²) in [4.78, 5) is 16.2. The average molecular weight is 325 g/mol. The highest BCUT2D eigenvalue weighted by Crippen LogP contribution is 2.44. The van der Waals surface area contributed by atoms with Crippen molar-refractivity contribution in [1.82, 2.24) is 10.3 Å². The Morgan fingerprint density at radius 2 is 2.29 bits per heavy atom. The van der Waals surface area contributed by atoms with Crippen molar-refractivity contribution in [1.29, 1.82) is 0 Å². The van der Waals surface area contributed by atoms with Gasteiger partial charge >= 0.3 is 0 Å². The molecule has 1 aromatic carbocycles. The second kappa shape index (κ2) is 5.70. The van der Waals surface area contributed by atoms with Gasteiger partial charge in [0, 0.05) is 22.0 Å². The number of nitrogens with zero attached hydrogens (tertiary/aromatic N) is 1. The molecule has 1 fully saturated rings. The van der Waals surface area contributed by atoms with Crippen LogP contribution in [-0.2, 0) is 6.42 Å². The van der Waals surface area contributed by atoms with E-state index in [1.54, 1.807) is 6.07 Å². The number of carbonyl (C=O) groups is 1. The number of halogens is 2. The highest BCUT2D eigenvalue weighted by atomic mass is 35.5. The molecule has 1 heterocycles. The highest BCUT2D eigenvalue weighted by molar-refractivity contribution is 6.35. The molecule has 1 aromatic heterocycles. The third kappa shape index (κ3) is 2.92. The van der Waals surface area contributed by atoms with Gasteiger partial charge in [-0.15, -0.1) is 0 Å². The van der Waals surface area contributed by atoms with Crippen molar-refractivity contribution in [3.8, 4) is 0 Å². The van der Waals surface area contributed by atoms with Crippen molar-refractivity contribution < 1.29 is 9.21 Å². The Bertz CT molecular complexity index is 684. The van der Waals surface area contributed by atoms with Crippen molar-refractivity contribution in [3.63, 3.8) is 0 Å². The molecule has 110 valence electrons. The molecule has 0 aliphatic heterocycles. The van der Waals surface area contributed by atoms with Crippen LogP contribution in [0, 0.1) is 0 Å². The summed E-state index contributed by atoms with van der Waals surface area (Å²) < 4.78 is 5.16. The van der Waals surface area contributed by atoms with E-state index in [2.05, 4.69) is 10.3 Å². The van der Waals surface area contributed by atoms with Crippen LogP contribution in [0.3, 0.4) is 0 Å². The molecule has 0 radical (unpaired) electrons. The summed E-state index contributed by atoms with van der Waals surface area (Å²) in [5.74, 6) is 0.305. The van der Waals surface area contributed by atoms with Gasteiger partial charge < -0.3 is 9.73 Å². The van der Waals surface area contributed by atoms with Crippen LogP contribution in [0.2, 0.25) is 10.0 Å². The zero-order valence-electron chi connectivity index (χ0n) is 11.4. The Morgan fingerprint density at radius 1 is 1.48 bits per heavy atom. The Labute approximate surface area is 132 Å². The maximum absolute atomic E-state index is 12.2. The Hall–Kier alpha value is -1.52. The molecule has 3 rings (SSSR count). The summed E-state index contributed by atoms with van der Waals surface area (Å²) in [6.45, 7) is 1.93. The minimum atomic E-state index is -0.220. The summed E-state index contributed by atoms with van der Waals surface area (Å²) in [6, 6.07) is 5.52. The van der Waals surface area contributed by atoms with E-state index in [1.807, 2.05) is 19.1 Å². The van der Waals surface area contributed by atoms with E-state index in [0.29, 0.717) is 27.9 Å². The standard InChI is InChI=1S/C15H14Cl2N2O2/c1-2-12-14(21-7-18-12)15(20)19-13-6-10(13)9-4-3-8(16)5-11(9)17/h3-5,7,10,13H,2,6H2,1H3,(H,19,20)/t10-,13+/m0/s1. The molecule has 1 saturated carbocycles. The van der Waals surface area contributed by atoms with Crippen molar-refractivity contribution in [3.05, 3.63) is 51.7 Å². The molecular formula is C15H14Cl2N2O2. The van der Waals surface area contributed by atoms with E-state index in [0.717, 1.165) is 12.0 Å². The van der Waals surface area contributed by atoms with Crippen LogP contribution in [0.1, 0.15) is 41.1 Å². The van der Waals surface area contributed by atoms with Gasteiger partial charge in [0.25, 0.3) is 5.91 Å². The third-order valence-corrected chi connectivity index (χ3v) is 4.21. The van der Waals surface area contributed by atoms with Gasteiger partial charge in [0.1, 0.15) is 0 Å². The monoisotopic (exact) mass is 324 g/mol.